The Morgan fingerprint density at radius 1 is 1.26 bits per heavy atom. The molecule has 0 bridgehead atoms. The van der Waals surface area contributed by atoms with Gasteiger partial charge in [-0.25, -0.2) is 0 Å². The Hall–Kier alpha value is -1.09. The molecule has 1 aliphatic heterocycles. The summed E-state index contributed by atoms with van der Waals surface area (Å²) in [7, 11) is 0. The van der Waals surface area contributed by atoms with Gasteiger partial charge in [-0.15, -0.1) is 0 Å². The van der Waals surface area contributed by atoms with Gasteiger partial charge in [-0.05, 0) is 42.7 Å². The number of nitrogens with zero attached hydrogens (tertiary/aromatic N) is 2. The van der Waals surface area contributed by atoms with Crippen molar-refractivity contribution in [3.8, 4) is 0 Å². The molecule has 2 heterocycles. The second-order valence-electron chi connectivity index (χ2n) is 6.51. The summed E-state index contributed by atoms with van der Waals surface area (Å²) < 4.78 is 0. The van der Waals surface area contributed by atoms with Crippen LogP contribution >= 0.6 is 0 Å². The van der Waals surface area contributed by atoms with Gasteiger partial charge in [0, 0.05) is 31.9 Å². The van der Waals surface area contributed by atoms with Crippen molar-refractivity contribution in [3.05, 3.63) is 24.0 Å². The average molecular weight is 259 g/mol. The second-order valence-corrected chi connectivity index (χ2v) is 6.51. The van der Waals surface area contributed by atoms with Crippen molar-refractivity contribution in [3.63, 3.8) is 0 Å². The average Bonchev–Trinajstić information content (AvgIpc) is 3.19. The summed E-state index contributed by atoms with van der Waals surface area (Å²) >= 11 is 0. The number of piperidine rings is 1. The summed E-state index contributed by atoms with van der Waals surface area (Å²) in [5.74, 6) is 1.57. The first-order chi connectivity index (χ1) is 9.22. The highest BCUT2D eigenvalue weighted by molar-refractivity contribution is 5.52. The molecule has 104 valence electrons. The predicted octanol–water partition coefficient (Wildman–Crippen LogP) is 2.82. The van der Waals surface area contributed by atoms with Crippen molar-refractivity contribution in [1.82, 2.24) is 10.3 Å². The van der Waals surface area contributed by atoms with Crippen LogP contribution in [0, 0.1) is 11.8 Å². The predicted molar refractivity (Wildman–Crippen MR) is 79.3 cm³/mol. The fraction of sp³-hybridized carbons (Fsp3) is 0.688. The van der Waals surface area contributed by atoms with Crippen LogP contribution in [-0.2, 0) is 6.54 Å². The Balaban J connectivity index is 1.74. The van der Waals surface area contributed by atoms with Gasteiger partial charge in [0.05, 0.1) is 11.9 Å². The lowest BCUT2D eigenvalue weighted by molar-refractivity contribution is 0.356. The molecule has 0 aromatic carbocycles. The number of rotatable bonds is 4. The summed E-state index contributed by atoms with van der Waals surface area (Å²) in [6, 6.07) is 2.94. The van der Waals surface area contributed by atoms with Gasteiger partial charge in [0.15, 0.2) is 0 Å². The van der Waals surface area contributed by atoms with Crippen LogP contribution < -0.4 is 10.2 Å². The van der Waals surface area contributed by atoms with Gasteiger partial charge in [0.2, 0.25) is 0 Å². The minimum absolute atomic E-state index is 0.764. The number of nitrogens with one attached hydrogen (secondary N) is 1. The molecule has 1 saturated carbocycles. The lowest BCUT2D eigenvalue weighted by Gasteiger charge is -2.37. The van der Waals surface area contributed by atoms with Crippen LogP contribution in [0.25, 0.3) is 0 Å². The summed E-state index contributed by atoms with van der Waals surface area (Å²) in [6.07, 6.45) is 8.02. The van der Waals surface area contributed by atoms with Gasteiger partial charge in [0.25, 0.3) is 0 Å². The van der Waals surface area contributed by atoms with E-state index >= 15 is 0 Å². The van der Waals surface area contributed by atoms with E-state index in [2.05, 4.69) is 41.3 Å². The van der Waals surface area contributed by atoms with Crippen molar-refractivity contribution >= 4 is 5.69 Å². The second kappa shape index (κ2) is 5.49. The Morgan fingerprint density at radius 2 is 2.00 bits per heavy atom. The van der Waals surface area contributed by atoms with Gasteiger partial charge < -0.3 is 10.2 Å². The standard InChI is InChI=1S/C16H25N3/c1-12-7-13(2)11-19(10-12)16-9-17-6-5-14(16)8-18-15-3-4-15/h5-6,9,12-13,15,18H,3-4,7-8,10-11H2,1-2H3. The van der Waals surface area contributed by atoms with Crippen LogP contribution in [0.4, 0.5) is 5.69 Å². The maximum Gasteiger partial charge on any atom is 0.0598 e. The van der Waals surface area contributed by atoms with Crippen LogP contribution in [-0.4, -0.2) is 24.1 Å². The zero-order chi connectivity index (χ0) is 13.2. The Kier molecular flexibility index (Phi) is 3.74. The van der Waals surface area contributed by atoms with Gasteiger partial charge in [0.1, 0.15) is 0 Å². The number of hydrogen-bond donors (Lipinski definition) is 1. The lowest BCUT2D eigenvalue weighted by atomic mass is 9.91. The molecule has 0 spiro atoms. The highest BCUT2D eigenvalue weighted by Crippen LogP contribution is 2.28. The maximum atomic E-state index is 4.34. The van der Waals surface area contributed by atoms with E-state index in [1.54, 1.807) is 0 Å². The van der Waals surface area contributed by atoms with Gasteiger partial charge >= 0.3 is 0 Å². The van der Waals surface area contributed by atoms with Crippen molar-refractivity contribution < 1.29 is 0 Å². The normalized spacial score (nSPS) is 27.6. The zero-order valence-corrected chi connectivity index (χ0v) is 12.1. The fourth-order valence-corrected chi connectivity index (χ4v) is 3.25. The molecule has 1 saturated heterocycles. The van der Waals surface area contributed by atoms with Gasteiger partial charge in [-0.2, -0.15) is 0 Å². The Morgan fingerprint density at radius 3 is 2.68 bits per heavy atom. The molecule has 1 aromatic heterocycles. The van der Waals surface area contributed by atoms with Crippen LogP contribution in [0.5, 0.6) is 0 Å². The molecule has 19 heavy (non-hydrogen) atoms. The third kappa shape index (κ3) is 3.27. The van der Waals surface area contributed by atoms with Crippen molar-refractivity contribution in [2.45, 2.75) is 45.7 Å². The zero-order valence-electron chi connectivity index (χ0n) is 12.1. The topological polar surface area (TPSA) is 28.2 Å². The van der Waals surface area contributed by atoms with E-state index in [9.17, 15) is 0 Å². The molecule has 3 nitrogen and oxygen atoms in total. The molecule has 1 aromatic rings. The van der Waals surface area contributed by atoms with Gasteiger partial charge in [-0.3, -0.25) is 4.98 Å². The largest absolute Gasteiger partial charge is 0.369 e. The van der Waals surface area contributed by atoms with E-state index in [1.165, 1.54) is 43.6 Å². The molecule has 3 rings (SSSR count). The first-order valence-electron chi connectivity index (χ1n) is 7.63. The number of aromatic nitrogens is 1. The fourth-order valence-electron chi connectivity index (χ4n) is 3.25. The smallest absolute Gasteiger partial charge is 0.0598 e. The number of anilines is 1. The minimum Gasteiger partial charge on any atom is -0.369 e. The summed E-state index contributed by atoms with van der Waals surface area (Å²) in [5.41, 5.74) is 2.75. The third-order valence-electron chi connectivity index (χ3n) is 4.26. The molecule has 3 heteroatoms. The van der Waals surface area contributed by atoms with E-state index in [0.29, 0.717) is 0 Å². The SMILES string of the molecule is CC1CC(C)CN(c2cnccc2CNC2CC2)C1. The summed E-state index contributed by atoms with van der Waals surface area (Å²) in [5, 5.41) is 3.62. The molecule has 2 fully saturated rings. The van der Waals surface area contributed by atoms with Gasteiger partial charge in [-0.1, -0.05) is 13.8 Å². The molecule has 0 amide bonds. The van der Waals surface area contributed by atoms with Crippen molar-refractivity contribution in [1.29, 1.82) is 0 Å². The molecule has 0 radical (unpaired) electrons. The molecular weight excluding hydrogens is 234 g/mol. The first kappa shape index (κ1) is 12.9. The number of hydrogen-bond acceptors (Lipinski definition) is 3. The lowest BCUT2D eigenvalue weighted by Crippen LogP contribution is -2.39. The molecule has 1 N–H and O–H groups in total. The highest BCUT2D eigenvalue weighted by Gasteiger charge is 2.25. The quantitative estimate of drug-likeness (QED) is 0.901. The van der Waals surface area contributed by atoms with E-state index in [-0.39, 0.29) is 0 Å². The van der Waals surface area contributed by atoms with E-state index in [1.807, 2.05) is 6.20 Å². The highest BCUT2D eigenvalue weighted by atomic mass is 15.2. The van der Waals surface area contributed by atoms with E-state index < -0.39 is 0 Å². The van der Waals surface area contributed by atoms with Crippen LogP contribution in [0.2, 0.25) is 0 Å². The van der Waals surface area contributed by atoms with Crippen molar-refractivity contribution in [2.24, 2.45) is 11.8 Å². The Labute approximate surface area is 116 Å². The van der Waals surface area contributed by atoms with E-state index in [0.717, 1.165) is 24.4 Å². The Bertz CT molecular complexity index is 418. The van der Waals surface area contributed by atoms with Crippen LogP contribution in [0.1, 0.15) is 38.7 Å². The molecule has 2 unspecified atom stereocenters. The molecule has 2 atom stereocenters. The summed E-state index contributed by atoms with van der Waals surface area (Å²) in [4.78, 5) is 6.88. The molecule has 2 aliphatic rings. The minimum atomic E-state index is 0.764. The molecule has 1 aliphatic carbocycles. The van der Waals surface area contributed by atoms with E-state index in [4.69, 9.17) is 0 Å². The third-order valence-corrected chi connectivity index (χ3v) is 4.26. The first-order valence-corrected chi connectivity index (χ1v) is 7.63. The maximum absolute atomic E-state index is 4.34. The molecular formula is C16H25N3. The van der Waals surface area contributed by atoms with Crippen LogP contribution in [0.3, 0.4) is 0 Å². The monoisotopic (exact) mass is 259 g/mol. The number of pyridine rings is 1. The summed E-state index contributed by atoms with van der Waals surface area (Å²) in [6.45, 7) is 8.06. The van der Waals surface area contributed by atoms with Crippen molar-refractivity contribution in [2.75, 3.05) is 18.0 Å². The van der Waals surface area contributed by atoms with Crippen LogP contribution in [0.15, 0.2) is 18.5 Å².